The third-order valence-electron chi connectivity index (χ3n) is 4.05. The molecule has 1 aromatic carbocycles. The molecule has 0 heterocycles. The number of aryl methyl sites for hydroxylation is 2. The standard InChI is InChI=1S/C15H22O/c1-11-9-12(2)14(16)13(10-11)15(3)7-5-4-6-8-15/h9-10,16H,4-8H2,1-3H3. The quantitative estimate of drug-likeness (QED) is 0.748. The third-order valence-corrected chi connectivity index (χ3v) is 4.05. The van der Waals surface area contributed by atoms with Crippen LogP contribution in [0.3, 0.4) is 0 Å². The number of aromatic hydroxyl groups is 1. The van der Waals surface area contributed by atoms with Gasteiger partial charge in [-0.15, -0.1) is 0 Å². The van der Waals surface area contributed by atoms with E-state index in [1.165, 1.54) is 43.2 Å². The molecule has 0 unspecified atom stereocenters. The molecule has 1 N–H and O–H groups in total. The van der Waals surface area contributed by atoms with Gasteiger partial charge < -0.3 is 5.11 Å². The second-order valence-electron chi connectivity index (χ2n) is 5.60. The summed E-state index contributed by atoms with van der Waals surface area (Å²) >= 11 is 0. The molecule has 2 rings (SSSR count). The molecule has 0 bridgehead atoms. The zero-order valence-corrected chi connectivity index (χ0v) is 10.6. The fourth-order valence-electron chi connectivity index (χ4n) is 3.02. The Hall–Kier alpha value is -0.980. The highest BCUT2D eigenvalue weighted by atomic mass is 16.3. The molecular formula is C15H22O. The molecule has 0 amide bonds. The van der Waals surface area contributed by atoms with Crippen LogP contribution in [0.4, 0.5) is 0 Å². The van der Waals surface area contributed by atoms with Crippen LogP contribution in [-0.4, -0.2) is 5.11 Å². The van der Waals surface area contributed by atoms with Crippen LogP contribution < -0.4 is 0 Å². The maximum atomic E-state index is 10.2. The predicted molar refractivity (Wildman–Crippen MR) is 68.0 cm³/mol. The third kappa shape index (κ3) is 1.95. The number of benzene rings is 1. The van der Waals surface area contributed by atoms with Crippen LogP contribution in [-0.2, 0) is 5.41 Å². The van der Waals surface area contributed by atoms with Gasteiger partial charge in [0, 0.05) is 5.56 Å². The summed E-state index contributed by atoms with van der Waals surface area (Å²) in [6.45, 7) is 6.42. The number of hydrogen-bond donors (Lipinski definition) is 1. The number of hydrogen-bond acceptors (Lipinski definition) is 1. The van der Waals surface area contributed by atoms with Crippen LogP contribution in [0, 0.1) is 13.8 Å². The fourth-order valence-corrected chi connectivity index (χ4v) is 3.02. The SMILES string of the molecule is Cc1cc(C)c(O)c(C2(C)CCCCC2)c1. The van der Waals surface area contributed by atoms with Crippen molar-refractivity contribution in [2.75, 3.05) is 0 Å². The van der Waals surface area contributed by atoms with Crippen LogP contribution in [0.15, 0.2) is 12.1 Å². The van der Waals surface area contributed by atoms with Crippen LogP contribution in [0.5, 0.6) is 5.75 Å². The maximum Gasteiger partial charge on any atom is 0.122 e. The highest BCUT2D eigenvalue weighted by molar-refractivity contribution is 5.46. The van der Waals surface area contributed by atoms with Gasteiger partial charge in [0.05, 0.1) is 0 Å². The van der Waals surface area contributed by atoms with E-state index in [0.717, 1.165) is 5.56 Å². The second-order valence-corrected chi connectivity index (χ2v) is 5.60. The Morgan fingerprint density at radius 3 is 2.31 bits per heavy atom. The van der Waals surface area contributed by atoms with Crippen molar-refractivity contribution in [1.82, 2.24) is 0 Å². The summed E-state index contributed by atoms with van der Waals surface area (Å²) < 4.78 is 0. The summed E-state index contributed by atoms with van der Waals surface area (Å²) in [6.07, 6.45) is 6.36. The minimum Gasteiger partial charge on any atom is -0.507 e. The van der Waals surface area contributed by atoms with Gasteiger partial charge in [-0.1, -0.05) is 43.9 Å². The summed E-state index contributed by atoms with van der Waals surface area (Å²) in [6, 6.07) is 4.23. The van der Waals surface area contributed by atoms with E-state index in [1.807, 2.05) is 6.92 Å². The smallest absolute Gasteiger partial charge is 0.122 e. The lowest BCUT2D eigenvalue weighted by molar-refractivity contribution is 0.307. The zero-order valence-electron chi connectivity index (χ0n) is 10.6. The summed E-state index contributed by atoms with van der Waals surface area (Å²) in [5.41, 5.74) is 3.64. The van der Waals surface area contributed by atoms with Gasteiger partial charge >= 0.3 is 0 Å². The van der Waals surface area contributed by atoms with Crippen molar-refractivity contribution in [1.29, 1.82) is 0 Å². The Bertz CT molecular complexity index is 387. The molecule has 88 valence electrons. The van der Waals surface area contributed by atoms with E-state index < -0.39 is 0 Å². The van der Waals surface area contributed by atoms with E-state index in [0.29, 0.717) is 5.75 Å². The van der Waals surface area contributed by atoms with Crippen LogP contribution in [0.1, 0.15) is 55.7 Å². The van der Waals surface area contributed by atoms with Crippen molar-refractivity contribution < 1.29 is 5.11 Å². The van der Waals surface area contributed by atoms with Gasteiger partial charge in [0.1, 0.15) is 5.75 Å². The van der Waals surface area contributed by atoms with Crippen LogP contribution in [0.25, 0.3) is 0 Å². The maximum absolute atomic E-state index is 10.2. The summed E-state index contributed by atoms with van der Waals surface area (Å²) in [5, 5.41) is 10.2. The minimum atomic E-state index is 0.194. The molecule has 1 aromatic rings. The first-order chi connectivity index (χ1) is 7.53. The first kappa shape index (κ1) is 11.5. The van der Waals surface area contributed by atoms with E-state index in [-0.39, 0.29) is 5.41 Å². The lowest BCUT2D eigenvalue weighted by atomic mass is 9.70. The summed E-state index contributed by atoms with van der Waals surface area (Å²) in [5.74, 6) is 0.523. The monoisotopic (exact) mass is 218 g/mol. The molecule has 1 nitrogen and oxygen atoms in total. The summed E-state index contributed by atoms with van der Waals surface area (Å²) in [7, 11) is 0. The minimum absolute atomic E-state index is 0.194. The van der Waals surface area contributed by atoms with Crippen molar-refractivity contribution >= 4 is 0 Å². The molecule has 0 spiro atoms. The van der Waals surface area contributed by atoms with E-state index in [1.54, 1.807) is 0 Å². The van der Waals surface area contributed by atoms with Gasteiger partial charge in [-0.2, -0.15) is 0 Å². The summed E-state index contributed by atoms with van der Waals surface area (Å²) in [4.78, 5) is 0. The topological polar surface area (TPSA) is 20.2 Å². The van der Waals surface area contributed by atoms with Gasteiger partial charge in [-0.3, -0.25) is 0 Å². The molecule has 0 saturated heterocycles. The molecule has 0 aliphatic heterocycles. The molecule has 1 heteroatoms. The molecule has 1 aliphatic rings. The van der Waals surface area contributed by atoms with Crippen molar-refractivity contribution in [2.45, 2.75) is 58.3 Å². The van der Waals surface area contributed by atoms with E-state index in [4.69, 9.17) is 0 Å². The molecule has 1 saturated carbocycles. The van der Waals surface area contributed by atoms with Crippen molar-refractivity contribution in [3.63, 3.8) is 0 Å². The lowest BCUT2D eigenvalue weighted by Gasteiger charge is -2.35. The van der Waals surface area contributed by atoms with Crippen molar-refractivity contribution in [3.05, 3.63) is 28.8 Å². The molecule has 16 heavy (non-hydrogen) atoms. The molecule has 0 radical (unpaired) electrons. The van der Waals surface area contributed by atoms with E-state index >= 15 is 0 Å². The highest BCUT2D eigenvalue weighted by Crippen LogP contribution is 2.43. The predicted octanol–water partition coefficient (Wildman–Crippen LogP) is 4.23. The Kier molecular flexibility index (Phi) is 2.96. The average Bonchev–Trinajstić information content (AvgIpc) is 2.24. The largest absolute Gasteiger partial charge is 0.507 e. The molecule has 1 aliphatic carbocycles. The van der Waals surface area contributed by atoms with Gasteiger partial charge in [-0.05, 0) is 37.7 Å². The van der Waals surface area contributed by atoms with Crippen LogP contribution in [0.2, 0.25) is 0 Å². The Balaban J connectivity index is 2.45. The molecular weight excluding hydrogens is 196 g/mol. The first-order valence-electron chi connectivity index (χ1n) is 6.34. The van der Waals surface area contributed by atoms with Crippen molar-refractivity contribution in [3.8, 4) is 5.75 Å². The number of rotatable bonds is 1. The molecule has 0 atom stereocenters. The van der Waals surface area contributed by atoms with Crippen molar-refractivity contribution in [2.24, 2.45) is 0 Å². The number of phenolic OH excluding ortho intramolecular Hbond substituents is 1. The Labute approximate surface area is 98.5 Å². The Morgan fingerprint density at radius 2 is 1.69 bits per heavy atom. The van der Waals surface area contributed by atoms with Gasteiger partial charge in [0.2, 0.25) is 0 Å². The molecule has 0 aromatic heterocycles. The normalized spacial score (nSPS) is 19.7. The van der Waals surface area contributed by atoms with Crippen LogP contribution >= 0.6 is 0 Å². The average molecular weight is 218 g/mol. The van der Waals surface area contributed by atoms with Gasteiger partial charge in [-0.25, -0.2) is 0 Å². The van der Waals surface area contributed by atoms with E-state index in [2.05, 4.69) is 26.0 Å². The molecule has 1 fully saturated rings. The van der Waals surface area contributed by atoms with E-state index in [9.17, 15) is 5.11 Å². The second kappa shape index (κ2) is 4.12. The van der Waals surface area contributed by atoms with Gasteiger partial charge in [0.25, 0.3) is 0 Å². The fraction of sp³-hybridized carbons (Fsp3) is 0.600. The highest BCUT2D eigenvalue weighted by Gasteiger charge is 2.31. The lowest BCUT2D eigenvalue weighted by Crippen LogP contribution is -2.25. The Morgan fingerprint density at radius 1 is 1.06 bits per heavy atom. The number of phenols is 1. The first-order valence-corrected chi connectivity index (χ1v) is 6.34. The van der Waals surface area contributed by atoms with Gasteiger partial charge in [0.15, 0.2) is 0 Å². The zero-order chi connectivity index (χ0) is 11.8.